The van der Waals surface area contributed by atoms with Gasteiger partial charge in [0.1, 0.15) is 10.7 Å². The molecule has 5 heteroatoms. The van der Waals surface area contributed by atoms with E-state index in [-0.39, 0.29) is 0 Å². The van der Waals surface area contributed by atoms with Crippen LogP contribution in [0.2, 0.25) is 5.15 Å². The van der Waals surface area contributed by atoms with Crippen molar-refractivity contribution in [2.45, 2.75) is 19.4 Å². The molecular formula is C11H11ClN4. The van der Waals surface area contributed by atoms with Crippen molar-refractivity contribution in [1.82, 2.24) is 19.7 Å². The first-order valence-corrected chi connectivity index (χ1v) is 6.03. The molecular weight excluding hydrogens is 224 g/mol. The monoisotopic (exact) mass is 234 g/mol. The lowest BCUT2D eigenvalue weighted by molar-refractivity contribution is -0.0908. The minimum Gasteiger partial charge on any atom is -0.248 e. The van der Waals surface area contributed by atoms with Crippen molar-refractivity contribution in [3.8, 4) is 0 Å². The third-order valence-electron chi connectivity index (χ3n) is 4.12. The van der Waals surface area contributed by atoms with E-state index >= 15 is 0 Å². The third-order valence-corrected chi connectivity index (χ3v) is 4.30. The van der Waals surface area contributed by atoms with Gasteiger partial charge in [0.2, 0.25) is 0 Å². The van der Waals surface area contributed by atoms with E-state index in [0.29, 0.717) is 5.15 Å². The Balaban J connectivity index is 1.71. The van der Waals surface area contributed by atoms with Gasteiger partial charge < -0.3 is 0 Å². The van der Waals surface area contributed by atoms with Crippen LogP contribution in [0.1, 0.15) is 12.8 Å². The Bertz CT molecular complexity index is 550. The van der Waals surface area contributed by atoms with Crippen molar-refractivity contribution in [3.05, 3.63) is 17.5 Å². The summed E-state index contributed by atoms with van der Waals surface area (Å²) >= 11 is 5.85. The van der Waals surface area contributed by atoms with E-state index < -0.39 is 0 Å². The van der Waals surface area contributed by atoms with E-state index in [1.54, 1.807) is 12.4 Å². The molecule has 3 saturated carbocycles. The van der Waals surface area contributed by atoms with Gasteiger partial charge in [-0.25, -0.2) is 14.6 Å². The number of aromatic nitrogens is 4. The predicted molar refractivity (Wildman–Crippen MR) is 60.0 cm³/mol. The number of halogens is 1. The number of nitrogens with zero attached hydrogens (tertiary/aromatic N) is 4. The molecule has 2 bridgehead atoms. The van der Waals surface area contributed by atoms with E-state index in [4.69, 9.17) is 11.6 Å². The van der Waals surface area contributed by atoms with Crippen LogP contribution in [0, 0.1) is 17.8 Å². The van der Waals surface area contributed by atoms with Crippen LogP contribution in [0.5, 0.6) is 0 Å². The van der Waals surface area contributed by atoms with Crippen LogP contribution >= 0.6 is 11.6 Å². The quantitative estimate of drug-likeness (QED) is 0.800. The molecule has 0 radical (unpaired) electrons. The fourth-order valence-electron chi connectivity index (χ4n) is 2.86. The van der Waals surface area contributed by atoms with Gasteiger partial charge in [-0.05, 0) is 30.6 Å². The highest BCUT2D eigenvalue weighted by atomic mass is 35.5. The molecule has 3 aliphatic rings. The lowest BCUT2D eigenvalue weighted by Gasteiger charge is -2.58. The molecule has 2 aromatic rings. The van der Waals surface area contributed by atoms with Crippen LogP contribution in [0.15, 0.2) is 12.4 Å². The first-order chi connectivity index (χ1) is 7.81. The highest BCUT2D eigenvalue weighted by molar-refractivity contribution is 6.29. The Morgan fingerprint density at radius 1 is 1.31 bits per heavy atom. The molecule has 2 aromatic heterocycles. The fourth-order valence-corrected chi connectivity index (χ4v) is 2.99. The van der Waals surface area contributed by atoms with Crippen molar-refractivity contribution in [2.24, 2.45) is 17.8 Å². The number of hydrogen-bond donors (Lipinski definition) is 0. The van der Waals surface area contributed by atoms with Crippen molar-refractivity contribution < 1.29 is 0 Å². The van der Waals surface area contributed by atoms with E-state index in [0.717, 1.165) is 35.5 Å². The summed E-state index contributed by atoms with van der Waals surface area (Å²) in [6.45, 7) is 0.980. The Morgan fingerprint density at radius 2 is 2.12 bits per heavy atom. The summed E-state index contributed by atoms with van der Waals surface area (Å²) in [6, 6.07) is 0. The third kappa shape index (κ3) is 1.08. The zero-order valence-corrected chi connectivity index (χ0v) is 9.43. The SMILES string of the molecule is Clc1cnc2cnn(CC3C4CC3C4)c2n1. The smallest absolute Gasteiger partial charge is 0.178 e. The molecule has 3 aliphatic carbocycles. The second-order valence-corrected chi connectivity index (χ2v) is 5.27. The van der Waals surface area contributed by atoms with Gasteiger partial charge >= 0.3 is 0 Å². The standard InChI is InChI=1S/C11H11ClN4/c12-10-4-13-9-3-14-16(11(9)15-10)5-8-6-1-7(8)2-6/h3-4,6-8H,1-2,5H2. The zero-order chi connectivity index (χ0) is 10.7. The van der Waals surface area contributed by atoms with Crippen molar-refractivity contribution >= 4 is 22.8 Å². The van der Waals surface area contributed by atoms with Crippen molar-refractivity contribution in [1.29, 1.82) is 0 Å². The van der Waals surface area contributed by atoms with E-state index in [9.17, 15) is 0 Å². The van der Waals surface area contributed by atoms with Crippen molar-refractivity contribution in [2.75, 3.05) is 0 Å². The van der Waals surface area contributed by atoms with Crippen LogP contribution < -0.4 is 0 Å². The summed E-state index contributed by atoms with van der Waals surface area (Å²) in [6.07, 6.45) is 6.19. The molecule has 0 atom stereocenters. The maximum Gasteiger partial charge on any atom is 0.178 e. The van der Waals surface area contributed by atoms with Crippen LogP contribution in [0.25, 0.3) is 11.2 Å². The number of hydrogen-bond acceptors (Lipinski definition) is 3. The average Bonchev–Trinajstić information content (AvgIpc) is 2.53. The van der Waals surface area contributed by atoms with Gasteiger partial charge in [0.25, 0.3) is 0 Å². The second kappa shape index (κ2) is 2.94. The molecule has 2 heterocycles. The highest BCUT2D eigenvalue weighted by Gasteiger charge is 2.52. The first kappa shape index (κ1) is 8.93. The Hall–Kier alpha value is -1.16. The van der Waals surface area contributed by atoms with Gasteiger partial charge in [-0.15, -0.1) is 0 Å². The number of fused-ring (bicyclic) bond motifs is 1. The summed E-state index contributed by atoms with van der Waals surface area (Å²) in [5.74, 6) is 2.71. The van der Waals surface area contributed by atoms with Crippen LogP contribution in [-0.4, -0.2) is 19.7 Å². The zero-order valence-electron chi connectivity index (χ0n) is 8.67. The average molecular weight is 235 g/mol. The molecule has 16 heavy (non-hydrogen) atoms. The topological polar surface area (TPSA) is 43.6 Å². The van der Waals surface area contributed by atoms with Gasteiger partial charge in [-0.3, -0.25) is 0 Å². The Kier molecular flexibility index (Phi) is 1.64. The lowest BCUT2D eigenvalue weighted by atomic mass is 9.48. The molecule has 5 rings (SSSR count). The molecule has 0 aromatic carbocycles. The number of rotatable bonds is 2. The fraction of sp³-hybridized carbons (Fsp3) is 0.545. The van der Waals surface area contributed by atoms with Gasteiger partial charge in [-0.1, -0.05) is 11.6 Å². The molecule has 0 spiro atoms. The predicted octanol–water partition coefficient (Wildman–Crippen LogP) is 2.14. The van der Waals surface area contributed by atoms with Gasteiger partial charge in [0.05, 0.1) is 12.4 Å². The van der Waals surface area contributed by atoms with Crippen LogP contribution in [0.3, 0.4) is 0 Å². The van der Waals surface area contributed by atoms with Crippen molar-refractivity contribution in [3.63, 3.8) is 0 Å². The maximum absolute atomic E-state index is 5.85. The summed E-state index contributed by atoms with van der Waals surface area (Å²) in [7, 11) is 0. The molecule has 0 N–H and O–H groups in total. The normalized spacial score (nSPS) is 31.2. The molecule has 82 valence electrons. The summed E-state index contributed by atoms with van der Waals surface area (Å²) in [5.41, 5.74) is 1.65. The molecule has 3 fully saturated rings. The van der Waals surface area contributed by atoms with Gasteiger partial charge in [0, 0.05) is 6.54 Å². The maximum atomic E-state index is 5.85. The van der Waals surface area contributed by atoms with Gasteiger partial charge in [0.15, 0.2) is 5.65 Å². The molecule has 0 unspecified atom stereocenters. The molecule has 4 nitrogen and oxygen atoms in total. The minimum absolute atomic E-state index is 0.438. The molecule has 0 aliphatic heterocycles. The minimum atomic E-state index is 0.438. The second-order valence-electron chi connectivity index (χ2n) is 4.88. The Morgan fingerprint density at radius 3 is 2.81 bits per heavy atom. The molecule has 0 amide bonds. The van der Waals surface area contributed by atoms with Crippen LogP contribution in [-0.2, 0) is 6.54 Å². The van der Waals surface area contributed by atoms with Gasteiger partial charge in [-0.2, -0.15) is 5.10 Å². The van der Waals surface area contributed by atoms with E-state index in [1.807, 2.05) is 4.68 Å². The van der Waals surface area contributed by atoms with Crippen LogP contribution in [0.4, 0.5) is 0 Å². The first-order valence-electron chi connectivity index (χ1n) is 5.65. The highest BCUT2D eigenvalue weighted by Crippen LogP contribution is 2.59. The summed E-state index contributed by atoms with van der Waals surface area (Å²) in [4.78, 5) is 8.50. The summed E-state index contributed by atoms with van der Waals surface area (Å²) in [5, 5.41) is 4.78. The molecule has 0 saturated heterocycles. The van der Waals surface area contributed by atoms with E-state index in [1.165, 1.54) is 12.8 Å². The van der Waals surface area contributed by atoms with E-state index in [2.05, 4.69) is 15.1 Å². The Labute approximate surface area is 97.6 Å². The summed E-state index contributed by atoms with van der Waals surface area (Å²) < 4.78 is 1.96. The largest absolute Gasteiger partial charge is 0.248 e. The lowest BCUT2D eigenvalue weighted by Crippen LogP contribution is -2.52.